The summed E-state index contributed by atoms with van der Waals surface area (Å²) in [6.45, 7) is 3.29. The highest BCUT2D eigenvalue weighted by atomic mass is 16.4. The van der Waals surface area contributed by atoms with Gasteiger partial charge in [0, 0.05) is 37.5 Å². The molecular weight excluding hydrogens is 312 g/mol. The lowest BCUT2D eigenvalue weighted by Crippen LogP contribution is -2.30. The van der Waals surface area contributed by atoms with Crippen molar-refractivity contribution < 1.29 is 19.8 Å². The van der Waals surface area contributed by atoms with Gasteiger partial charge in [0.15, 0.2) is 0 Å². The molecule has 2 saturated heterocycles. The molecule has 0 spiro atoms. The minimum absolute atomic E-state index is 0.558. The highest BCUT2D eigenvalue weighted by molar-refractivity contribution is 5.89. The molecule has 126 valence electrons. The van der Waals surface area contributed by atoms with Crippen LogP contribution in [0.25, 0.3) is 0 Å². The number of hydrogen-bond donors (Lipinski definition) is 3. The first kappa shape index (κ1) is 17.4. The summed E-state index contributed by atoms with van der Waals surface area (Å²) in [6, 6.07) is 4.69. The zero-order chi connectivity index (χ0) is 17.5. The molecule has 1 aromatic rings. The zero-order valence-electron chi connectivity index (χ0n) is 12.9. The van der Waals surface area contributed by atoms with E-state index in [0.717, 1.165) is 31.2 Å². The van der Waals surface area contributed by atoms with Crippen LogP contribution in [0.1, 0.15) is 12.0 Å². The lowest BCUT2D eigenvalue weighted by atomic mass is 10.1. The van der Waals surface area contributed by atoms with Crippen LogP contribution in [0.3, 0.4) is 0 Å². The fourth-order valence-corrected chi connectivity index (χ4v) is 2.86. The van der Waals surface area contributed by atoms with Crippen LogP contribution in [-0.4, -0.2) is 52.8 Å². The third-order valence-electron chi connectivity index (χ3n) is 3.95. The molecule has 8 heteroatoms. The second-order valence-electron chi connectivity index (χ2n) is 5.57. The average Bonchev–Trinajstić information content (AvgIpc) is 3.15. The fourth-order valence-electron chi connectivity index (χ4n) is 2.86. The average molecular weight is 330 g/mol. The lowest BCUT2D eigenvalue weighted by molar-refractivity contribution is -0.134. The summed E-state index contributed by atoms with van der Waals surface area (Å²) in [4.78, 5) is 25.5. The number of nitrogens with one attached hydrogen (secondary N) is 1. The molecule has 0 radical (unpaired) electrons. The van der Waals surface area contributed by atoms with Crippen molar-refractivity contribution in [1.82, 2.24) is 10.3 Å². The fraction of sp³-hybridized carbons (Fsp3) is 0.375. The van der Waals surface area contributed by atoms with Crippen LogP contribution in [0.15, 0.2) is 30.6 Å². The molecule has 0 unspecified atom stereocenters. The number of aliphatic carboxylic acids is 2. The van der Waals surface area contributed by atoms with Crippen molar-refractivity contribution in [2.75, 3.05) is 24.5 Å². The van der Waals surface area contributed by atoms with Gasteiger partial charge in [0.1, 0.15) is 6.07 Å². The Balaban J connectivity index is 0.000000224. The first-order chi connectivity index (χ1) is 11.5. The first-order valence-corrected chi connectivity index (χ1v) is 7.47. The Bertz CT molecular complexity index is 655. The molecule has 0 aliphatic carbocycles. The summed E-state index contributed by atoms with van der Waals surface area (Å²) >= 11 is 0. The Kier molecular flexibility index (Phi) is 5.87. The molecule has 2 fully saturated rings. The van der Waals surface area contributed by atoms with E-state index in [-0.39, 0.29) is 0 Å². The van der Waals surface area contributed by atoms with Crippen molar-refractivity contribution in [1.29, 1.82) is 5.26 Å². The summed E-state index contributed by atoms with van der Waals surface area (Å²) in [5.41, 5.74) is 1.72. The highest BCUT2D eigenvalue weighted by Gasteiger charge is 2.35. The van der Waals surface area contributed by atoms with Gasteiger partial charge in [0.05, 0.1) is 17.4 Å². The Labute approximate surface area is 139 Å². The van der Waals surface area contributed by atoms with Crippen molar-refractivity contribution in [3.63, 3.8) is 0 Å². The summed E-state index contributed by atoms with van der Waals surface area (Å²) in [5, 5.41) is 28.0. The molecule has 8 nitrogen and oxygen atoms in total. The maximum absolute atomic E-state index is 9.55. The predicted molar refractivity (Wildman–Crippen MR) is 85.5 cm³/mol. The van der Waals surface area contributed by atoms with Crippen LogP contribution in [0.4, 0.5) is 5.69 Å². The predicted octanol–water partition coefficient (Wildman–Crippen LogP) is 0.463. The molecule has 0 bridgehead atoms. The molecule has 3 N–H and O–H groups in total. The van der Waals surface area contributed by atoms with Crippen molar-refractivity contribution in [2.24, 2.45) is 5.92 Å². The Hall–Kier alpha value is -2.92. The van der Waals surface area contributed by atoms with Gasteiger partial charge in [-0.1, -0.05) is 0 Å². The number of carbonyl (C=O) groups is 2. The summed E-state index contributed by atoms with van der Waals surface area (Å²) in [7, 11) is 0. The minimum atomic E-state index is -1.26. The van der Waals surface area contributed by atoms with Gasteiger partial charge in [0.2, 0.25) is 0 Å². The van der Waals surface area contributed by atoms with E-state index in [4.69, 9.17) is 15.5 Å². The Morgan fingerprint density at radius 3 is 2.58 bits per heavy atom. The molecule has 24 heavy (non-hydrogen) atoms. The van der Waals surface area contributed by atoms with Gasteiger partial charge in [-0.05, 0) is 24.9 Å². The second kappa shape index (κ2) is 8.08. The van der Waals surface area contributed by atoms with E-state index in [1.807, 2.05) is 12.3 Å². The van der Waals surface area contributed by atoms with Crippen LogP contribution in [0.5, 0.6) is 0 Å². The summed E-state index contributed by atoms with van der Waals surface area (Å²) < 4.78 is 0. The molecule has 3 heterocycles. The van der Waals surface area contributed by atoms with E-state index in [9.17, 15) is 9.59 Å². The smallest absolute Gasteiger partial charge is 0.328 e. The van der Waals surface area contributed by atoms with Crippen molar-refractivity contribution in [3.05, 3.63) is 36.2 Å². The summed E-state index contributed by atoms with van der Waals surface area (Å²) in [6.07, 6.45) is 5.84. The lowest BCUT2D eigenvalue weighted by Gasteiger charge is -2.19. The van der Waals surface area contributed by atoms with Crippen molar-refractivity contribution >= 4 is 17.6 Å². The number of pyridine rings is 1. The number of hydrogen-bond acceptors (Lipinski definition) is 6. The van der Waals surface area contributed by atoms with Crippen LogP contribution < -0.4 is 10.2 Å². The van der Waals surface area contributed by atoms with Gasteiger partial charge in [-0.2, -0.15) is 5.26 Å². The number of fused-ring (bicyclic) bond motifs is 1. The maximum Gasteiger partial charge on any atom is 0.328 e. The Morgan fingerprint density at radius 2 is 2.00 bits per heavy atom. The minimum Gasteiger partial charge on any atom is -0.478 e. The number of carboxylic acid groups (broad SMARTS) is 2. The van der Waals surface area contributed by atoms with E-state index < -0.39 is 11.9 Å². The largest absolute Gasteiger partial charge is 0.478 e. The standard InChI is InChI=1S/C12H14N4.C4H4O4/c13-4-9-3-11(6-14-5-9)16-7-10-1-2-15-12(10)8-16;5-3(6)1-2-4(7)8/h3,5-6,10,12,15H,1-2,7-8H2;1-2H,(H,5,6)(H,7,8)/t10-,12+;/m1./s1. The first-order valence-electron chi connectivity index (χ1n) is 7.47. The monoisotopic (exact) mass is 330 g/mol. The van der Waals surface area contributed by atoms with E-state index >= 15 is 0 Å². The van der Waals surface area contributed by atoms with Gasteiger partial charge in [-0.3, -0.25) is 4.98 Å². The zero-order valence-corrected chi connectivity index (χ0v) is 12.9. The number of carboxylic acids is 2. The van der Waals surface area contributed by atoms with Crippen molar-refractivity contribution in [3.8, 4) is 6.07 Å². The molecule has 1 aromatic heterocycles. The normalized spacial score (nSPS) is 21.7. The number of anilines is 1. The van der Waals surface area contributed by atoms with Crippen LogP contribution in [0.2, 0.25) is 0 Å². The molecule has 0 saturated carbocycles. The summed E-state index contributed by atoms with van der Waals surface area (Å²) in [5.74, 6) is -1.74. The molecule has 2 aliphatic rings. The topological polar surface area (TPSA) is 127 Å². The molecule has 2 atom stereocenters. The second-order valence-corrected chi connectivity index (χ2v) is 5.57. The number of nitriles is 1. The van der Waals surface area contributed by atoms with E-state index in [0.29, 0.717) is 23.8 Å². The van der Waals surface area contributed by atoms with Gasteiger partial charge < -0.3 is 20.4 Å². The SMILES string of the molecule is N#Cc1cncc(N2C[C@H]3CCN[C@H]3C2)c1.O=C(O)C=CC(=O)O. The van der Waals surface area contributed by atoms with Gasteiger partial charge in [-0.25, -0.2) is 9.59 Å². The molecule has 3 rings (SSSR count). The molecule has 2 aliphatic heterocycles. The van der Waals surface area contributed by atoms with E-state index in [2.05, 4.69) is 21.3 Å². The van der Waals surface area contributed by atoms with E-state index in [1.54, 1.807) is 6.20 Å². The van der Waals surface area contributed by atoms with Gasteiger partial charge in [-0.15, -0.1) is 0 Å². The van der Waals surface area contributed by atoms with Crippen molar-refractivity contribution in [2.45, 2.75) is 12.5 Å². The third-order valence-corrected chi connectivity index (χ3v) is 3.95. The van der Waals surface area contributed by atoms with Gasteiger partial charge in [0.25, 0.3) is 0 Å². The van der Waals surface area contributed by atoms with Crippen LogP contribution in [0, 0.1) is 17.2 Å². The van der Waals surface area contributed by atoms with Gasteiger partial charge >= 0.3 is 11.9 Å². The highest BCUT2D eigenvalue weighted by Crippen LogP contribution is 2.28. The van der Waals surface area contributed by atoms with Crippen LogP contribution >= 0.6 is 0 Å². The molecule has 0 aromatic carbocycles. The quantitative estimate of drug-likeness (QED) is 0.682. The Morgan fingerprint density at radius 1 is 1.29 bits per heavy atom. The maximum atomic E-state index is 9.55. The van der Waals surface area contributed by atoms with Crippen LogP contribution in [-0.2, 0) is 9.59 Å². The third kappa shape index (κ3) is 4.79. The molecule has 0 amide bonds. The number of rotatable bonds is 3. The number of nitrogens with zero attached hydrogens (tertiary/aromatic N) is 3. The molecular formula is C16H18N4O4. The number of aromatic nitrogens is 1. The van der Waals surface area contributed by atoms with E-state index in [1.165, 1.54) is 6.42 Å².